The molecule has 0 aliphatic heterocycles. The predicted octanol–water partition coefficient (Wildman–Crippen LogP) is 2.04. The normalized spacial score (nSPS) is 10.4. The molecule has 0 aliphatic carbocycles. The minimum Gasteiger partial charge on any atom is -0.403 e. The Labute approximate surface area is 97.8 Å². The van der Waals surface area contributed by atoms with Gasteiger partial charge in [0.1, 0.15) is 0 Å². The van der Waals surface area contributed by atoms with Gasteiger partial charge in [0.15, 0.2) is 0 Å². The van der Waals surface area contributed by atoms with Crippen LogP contribution in [0, 0.1) is 0 Å². The molecule has 6 heteroatoms. The highest BCUT2D eigenvalue weighted by atomic mass is 35.5. The van der Waals surface area contributed by atoms with Crippen LogP contribution in [0.2, 0.25) is 5.02 Å². The van der Waals surface area contributed by atoms with E-state index in [4.69, 9.17) is 21.8 Å². The highest BCUT2D eigenvalue weighted by molar-refractivity contribution is 6.33. The zero-order chi connectivity index (χ0) is 11.7. The number of hydrogen-bond acceptors (Lipinski definition) is 5. The van der Waals surface area contributed by atoms with Crippen LogP contribution >= 0.6 is 11.6 Å². The first-order chi connectivity index (χ1) is 7.58. The van der Waals surface area contributed by atoms with Crippen LogP contribution in [0.3, 0.4) is 0 Å². The number of benzene rings is 1. The number of halogens is 1. The zero-order valence-electron chi connectivity index (χ0n) is 8.94. The molecule has 2 N–H and O–H groups in total. The third kappa shape index (κ3) is 1.94. The summed E-state index contributed by atoms with van der Waals surface area (Å²) >= 11 is 6.03. The number of aromatic nitrogens is 2. The van der Waals surface area contributed by atoms with Gasteiger partial charge in [0.05, 0.1) is 10.6 Å². The molecule has 0 radical (unpaired) electrons. The predicted molar refractivity (Wildman–Crippen MR) is 63.5 cm³/mol. The van der Waals surface area contributed by atoms with Gasteiger partial charge in [-0.05, 0) is 18.2 Å². The van der Waals surface area contributed by atoms with Crippen LogP contribution in [0.4, 0.5) is 11.7 Å². The maximum atomic E-state index is 6.03. The van der Waals surface area contributed by atoms with E-state index in [1.165, 1.54) is 0 Å². The molecule has 1 heterocycles. The van der Waals surface area contributed by atoms with E-state index in [0.717, 1.165) is 0 Å². The molecule has 5 nitrogen and oxygen atoms in total. The van der Waals surface area contributed by atoms with Gasteiger partial charge < -0.3 is 15.1 Å². The van der Waals surface area contributed by atoms with Crippen LogP contribution < -0.4 is 10.6 Å². The summed E-state index contributed by atoms with van der Waals surface area (Å²) in [6.07, 6.45) is 0. The summed E-state index contributed by atoms with van der Waals surface area (Å²) in [6, 6.07) is 5.57. The van der Waals surface area contributed by atoms with Crippen molar-refractivity contribution in [2.45, 2.75) is 0 Å². The Morgan fingerprint density at radius 1 is 1.31 bits per heavy atom. The molecule has 0 saturated heterocycles. The smallest absolute Gasteiger partial charge is 0.317 e. The molecule has 0 fully saturated rings. The molecule has 1 aromatic heterocycles. The molecule has 2 rings (SSSR count). The summed E-state index contributed by atoms with van der Waals surface area (Å²) in [4.78, 5) is 1.72. The lowest BCUT2D eigenvalue weighted by Gasteiger charge is -2.03. The zero-order valence-corrected chi connectivity index (χ0v) is 9.69. The molecule has 16 heavy (non-hydrogen) atoms. The van der Waals surface area contributed by atoms with Gasteiger partial charge in [-0.25, -0.2) is 0 Å². The van der Waals surface area contributed by atoms with Gasteiger partial charge in [-0.3, -0.25) is 0 Å². The van der Waals surface area contributed by atoms with Crippen molar-refractivity contribution >= 4 is 23.3 Å². The van der Waals surface area contributed by atoms with Crippen molar-refractivity contribution in [3.63, 3.8) is 0 Å². The van der Waals surface area contributed by atoms with Gasteiger partial charge in [-0.15, -0.1) is 5.10 Å². The quantitative estimate of drug-likeness (QED) is 0.811. The minimum absolute atomic E-state index is 0.383. The van der Waals surface area contributed by atoms with Crippen LogP contribution in [0.1, 0.15) is 0 Å². The summed E-state index contributed by atoms with van der Waals surface area (Å²) in [5.74, 6) is 0.383. The van der Waals surface area contributed by atoms with Crippen molar-refractivity contribution in [2.24, 2.45) is 0 Å². The van der Waals surface area contributed by atoms with Crippen molar-refractivity contribution in [3.8, 4) is 11.5 Å². The average Bonchev–Trinajstić information content (AvgIpc) is 2.66. The first-order valence-corrected chi connectivity index (χ1v) is 5.02. The van der Waals surface area contributed by atoms with E-state index in [1.807, 2.05) is 14.1 Å². The molecule has 84 valence electrons. The van der Waals surface area contributed by atoms with E-state index in [1.54, 1.807) is 23.1 Å². The molecule has 0 bridgehead atoms. The molecule has 0 unspecified atom stereocenters. The van der Waals surface area contributed by atoms with E-state index in [2.05, 4.69) is 10.2 Å². The minimum atomic E-state index is 0.383. The Balaban J connectivity index is 2.42. The van der Waals surface area contributed by atoms with E-state index >= 15 is 0 Å². The van der Waals surface area contributed by atoms with E-state index in [-0.39, 0.29) is 0 Å². The lowest BCUT2D eigenvalue weighted by molar-refractivity contribution is 0.566. The maximum Gasteiger partial charge on any atom is 0.317 e. The van der Waals surface area contributed by atoms with E-state index in [9.17, 15) is 0 Å². The Bertz CT molecular complexity index is 509. The Hall–Kier alpha value is -1.75. The van der Waals surface area contributed by atoms with Crippen molar-refractivity contribution < 1.29 is 4.42 Å². The Kier molecular flexibility index (Phi) is 2.70. The molecule has 0 amide bonds. The number of nitrogen functional groups attached to an aromatic ring is 1. The number of rotatable bonds is 2. The first kappa shape index (κ1) is 10.8. The average molecular weight is 239 g/mol. The summed E-state index contributed by atoms with van der Waals surface area (Å²) in [7, 11) is 3.64. The second-order valence-electron chi connectivity index (χ2n) is 3.52. The molecule has 2 aromatic rings. The van der Waals surface area contributed by atoms with Crippen molar-refractivity contribution in [3.05, 3.63) is 23.2 Å². The second-order valence-corrected chi connectivity index (χ2v) is 3.93. The molecule has 0 saturated carbocycles. The van der Waals surface area contributed by atoms with Crippen LogP contribution in [0.5, 0.6) is 0 Å². The van der Waals surface area contributed by atoms with Gasteiger partial charge in [-0.2, -0.15) is 0 Å². The molecule has 0 atom stereocenters. The lowest BCUT2D eigenvalue weighted by atomic mass is 10.2. The number of anilines is 2. The van der Waals surface area contributed by atoms with Gasteiger partial charge in [-0.1, -0.05) is 16.7 Å². The number of hydrogen-bond donors (Lipinski definition) is 1. The summed E-state index contributed by atoms with van der Waals surface area (Å²) in [5, 5.41) is 8.28. The highest BCUT2D eigenvalue weighted by Gasteiger charge is 2.12. The first-order valence-electron chi connectivity index (χ1n) is 4.64. The topological polar surface area (TPSA) is 68.2 Å². The molecule has 1 aromatic carbocycles. The van der Waals surface area contributed by atoms with Crippen LogP contribution in [-0.4, -0.2) is 24.3 Å². The fraction of sp³-hybridized carbons (Fsp3) is 0.200. The molecular formula is C10H11ClN4O. The summed E-state index contributed by atoms with van der Waals surface area (Å²) < 4.78 is 5.43. The third-order valence-electron chi connectivity index (χ3n) is 2.02. The van der Waals surface area contributed by atoms with Crippen LogP contribution in [0.25, 0.3) is 11.5 Å². The fourth-order valence-corrected chi connectivity index (χ4v) is 1.48. The second kappa shape index (κ2) is 4.02. The number of nitrogens with zero attached hydrogens (tertiary/aromatic N) is 3. The van der Waals surface area contributed by atoms with Gasteiger partial charge in [0, 0.05) is 19.8 Å². The van der Waals surface area contributed by atoms with Gasteiger partial charge in [0.2, 0.25) is 0 Å². The largest absolute Gasteiger partial charge is 0.403 e. The van der Waals surface area contributed by atoms with Crippen LogP contribution in [-0.2, 0) is 0 Å². The fourth-order valence-electron chi connectivity index (χ4n) is 1.21. The molecular weight excluding hydrogens is 228 g/mol. The Morgan fingerprint density at radius 2 is 2.06 bits per heavy atom. The van der Waals surface area contributed by atoms with Crippen molar-refractivity contribution in [1.29, 1.82) is 0 Å². The maximum absolute atomic E-state index is 6.03. The van der Waals surface area contributed by atoms with Gasteiger partial charge in [0.25, 0.3) is 5.89 Å². The van der Waals surface area contributed by atoms with Crippen molar-refractivity contribution in [2.75, 3.05) is 24.7 Å². The van der Waals surface area contributed by atoms with Gasteiger partial charge >= 0.3 is 6.01 Å². The lowest BCUT2D eigenvalue weighted by Crippen LogP contribution is -2.08. The summed E-state index contributed by atoms with van der Waals surface area (Å²) in [6.45, 7) is 0. The monoisotopic (exact) mass is 238 g/mol. The SMILES string of the molecule is CN(C)c1nnc(-c2ccc(N)cc2Cl)o1. The van der Waals surface area contributed by atoms with E-state index in [0.29, 0.717) is 28.2 Å². The third-order valence-corrected chi connectivity index (χ3v) is 2.33. The Morgan fingerprint density at radius 3 is 2.62 bits per heavy atom. The number of nitrogens with two attached hydrogens (primary N) is 1. The van der Waals surface area contributed by atoms with E-state index < -0.39 is 0 Å². The standard InChI is InChI=1S/C10H11ClN4O/c1-15(2)10-14-13-9(16-10)7-4-3-6(12)5-8(7)11/h3-5H,12H2,1-2H3. The molecule has 0 spiro atoms. The summed E-state index contributed by atoms with van der Waals surface area (Å²) in [5.41, 5.74) is 6.88. The van der Waals surface area contributed by atoms with Crippen molar-refractivity contribution in [1.82, 2.24) is 10.2 Å². The highest BCUT2D eigenvalue weighted by Crippen LogP contribution is 2.29. The van der Waals surface area contributed by atoms with Crippen LogP contribution in [0.15, 0.2) is 22.6 Å². The molecule has 0 aliphatic rings.